The van der Waals surface area contributed by atoms with E-state index in [0.717, 1.165) is 24.2 Å². The Kier molecular flexibility index (Phi) is 6.10. The van der Waals surface area contributed by atoms with Crippen LogP contribution in [0.5, 0.6) is 0 Å². The summed E-state index contributed by atoms with van der Waals surface area (Å²) in [5.74, 6) is 0.757. The van der Waals surface area contributed by atoms with Crippen LogP contribution in [-0.4, -0.2) is 46.8 Å². The first-order valence-electron chi connectivity index (χ1n) is 10.6. The number of rotatable bonds is 6. The molecule has 3 aromatic heterocycles. The van der Waals surface area contributed by atoms with Gasteiger partial charge in [0.1, 0.15) is 4.21 Å². The van der Waals surface area contributed by atoms with E-state index in [1.807, 2.05) is 0 Å². The summed E-state index contributed by atoms with van der Waals surface area (Å²) in [7, 11) is -3.71. The SMILES string of the molecule is O=C(Nc1nccs1)C1CCCN(S(=O)(=O)c2cc(-c3noc(C4CCCC4)n3)cs2)C1. The molecular formula is C20H23N5O4S3. The summed E-state index contributed by atoms with van der Waals surface area (Å²) in [5, 5.41) is 10.9. The molecule has 32 heavy (non-hydrogen) atoms. The molecule has 0 spiro atoms. The summed E-state index contributed by atoms with van der Waals surface area (Å²) >= 11 is 2.48. The zero-order chi connectivity index (χ0) is 22.1. The zero-order valence-corrected chi connectivity index (χ0v) is 19.7. The van der Waals surface area contributed by atoms with Gasteiger partial charge in [-0.05, 0) is 31.7 Å². The third-order valence-electron chi connectivity index (χ3n) is 5.99. The van der Waals surface area contributed by atoms with Crippen LogP contribution in [-0.2, 0) is 14.8 Å². The number of thiazole rings is 1. The molecule has 2 aliphatic rings. The van der Waals surface area contributed by atoms with Gasteiger partial charge in [0.15, 0.2) is 5.13 Å². The van der Waals surface area contributed by atoms with Crippen molar-refractivity contribution in [2.75, 3.05) is 18.4 Å². The standard InChI is InChI=1S/C20H23N5O4S3/c26-18(23-20-21-7-9-30-20)14-6-3-8-25(11-14)32(27,28)16-10-15(12-31-16)17-22-19(29-24-17)13-4-1-2-5-13/h7,9-10,12-14H,1-6,8,11H2,(H,21,23,26). The predicted molar refractivity (Wildman–Crippen MR) is 121 cm³/mol. The number of hydrogen-bond acceptors (Lipinski definition) is 9. The molecule has 1 N–H and O–H groups in total. The van der Waals surface area contributed by atoms with E-state index in [1.165, 1.54) is 28.5 Å². The summed E-state index contributed by atoms with van der Waals surface area (Å²) in [6.45, 7) is 0.547. The number of carbonyl (C=O) groups excluding carboxylic acids is 1. The van der Waals surface area contributed by atoms with E-state index < -0.39 is 15.9 Å². The normalized spacial score (nSPS) is 20.6. The van der Waals surface area contributed by atoms with Gasteiger partial charge >= 0.3 is 0 Å². The lowest BCUT2D eigenvalue weighted by atomic mass is 9.99. The van der Waals surface area contributed by atoms with Crippen LogP contribution in [0.15, 0.2) is 31.8 Å². The average Bonchev–Trinajstić information content (AvgIpc) is 3.60. The highest BCUT2D eigenvalue weighted by Gasteiger charge is 2.34. The van der Waals surface area contributed by atoms with Crippen molar-refractivity contribution in [2.45, 2.75) is 48.7 Å². The van der Waals surface area contributed by atoms with Gasteiger partial charge in [-0.15, -0.1) is 22.7 Å². The summed E-state index contributed by atoms with van der Waals surface area (Å²) in [4.78, 5) is 21.1. The molecule has 5 rings (SSSR count). The molecule has 0 aromatic carbocycles. The number of anilines is 1. The highest BCUT2D eigenvalue weighted by Crippen LogP contribution is 2.35. The van der Waals surface area contributed by atoms with Crippen molar-refractivity contribution in [3.05, 3.63) is 28.9 Å². The Morgan fingerprint density at radius 1 is 1.19 bits per heavy atom. The Labute approximate surface area is 193 Å². The third-order valence-corrected chi connectivity index (χ3v) is 9.96. The number of nitrogens with one attached hydrogen (secondary N) is 1. The molecular weight excluding hydrogens is 470 g/mol. The molecule has 4 heterocycles. The molecule has 2 fully saturated rings. The van der Waals surface area contributed by atoms with Gasteiger partial charge in [-0.25, -0.2) is 13.4 Å². The van der Waals surface area contributed by atoms with Crippen molar-refractivity contribution in [3.63, 3.8) is 0 Å². The van der Waals surface area contributed by atoms with Gasteiger partial charge in [0.05, 0.1) is 5.92 Å². The lowest BCUT2D eigenvalue weighted by Gasteiger charge is -2.30. The Morgan fingerprint density at radius 2 is 2.03 bits per heavy atom. The second-order valence-corrected chi connectivity index (χ2v) is 12.1. The smallest absolute Gasteiger partial charge is 0.252 e. The summed E-state index contributed by atoms with van der Waals surface area (Å²) in [6, 6.07) is 1.60. The lowest BCUT2D eigenvalue weighted by Crippen LogP contribution is -2.43. The number of thiophene rings is 1. The summed E-state index contributed by atoms with van der Waals surface area (Å²) in [6.07, 6.45) is 7.33. The predicted octanol–water partition coefficient (Wildman–Crippen LogP) is 3.95. The van der Waals surface area contributed by atoms with E-state index >= 15 is 0 Å². The molecule has 1 atom stereocenters. The molecule has 0 bridgehead atoms. The van der Waals surface area contributed by atoms with Crippen LogP contribution in [0.4, 0.5) is 5.13 Å². The molecule has 12 heteroatoms. The van der Waals surface area contributed by atoms with Crippen molar-refractivity contribution in [2.24, 2.45) is 5.92 Å². The van der Waals surface area contributed by atoms with Crippen LogP contribution >= 0.6 is 22.7 Å². The van der Waals surface area contributed by atoms with E-state index in [4.69, 9.17) is 4.52 Å². The maximum absolute atomic E-state index is 13.3. The second-order valence-electron chi connectivity index (χ2n) is 8.12. The highest BCUT2D eigenvalue weighted by atomic mass is 32.2. The topological polar surface area (TPSA) is 118 Å². The van der Waals surface area contributed by atoms with Crippen molar-refractivity contribution in [1.29, 1.82) is 0 Å². The average molecular weight is 494 g/mol. The van der Waals surface area contributed by atoms with Crippen molar-refractivity contribution in [1.82, 2.24) is 19.4 Å². The van der Waals surface area contributed by atoms with E-state index in [-0.39, 0.29) is 16.7 Å². The minimum Gasteiger partial charge on any atom is -0.339 e. The molecule has 9 nitrogen and oxygen atoms in total. The van der Waals surface area contributed by atoms with Crippen molar-refractivity contribution in [3.8, 4) is 11.4 Å². The fraction of sp³-hybridized carbons (Fsp3) is 0.500. The number of piperidine rings is 1. The largest absolute Gasteiger partial charge is 0.339 e. The summed E-state index contributed by atoms with van der Waals surface area (Å²) in [5.41, 5.74) is 0.636. The minimum atomic E-state index is -3.71. The minimum absolute atomic E-state index is 0.154. The maximum Gasteiger partial charge on any atom is 0.252 e. The van der Waals surface area contributed by atoms with Gasteiger partial charge in [-0.2, -0.15) is 9.29 Å². The van der Waals surface area contributed by atoms with Crippen LogP contribution < -0.4 is 5.32 Å². The van der Waals surface area contributed by atoms with E-state index in [0.29, 0.717) is 47.7 Å². The number of carbonyl (C=O) groups is 1. The quantitative estimate of drug-likeness (QED) is 0.552. The van der Waals surface area contributed by atoms with Gasteiger partial charge < -0.3 is 9.84 Å². The molecule has 1 aliphatic heterocycles. The van der Waals surface area contributed by atoms with E-state index in [2.05, 4.69) is 20.4 Å². The first-order valence-corrected chi connectivity index (χ1v) is 13.8. The fourth-order valence-electron chi connectivity index (χ4n) is 4.25. The van der Waals surface area contributed by atoms with Crippen LogP contribution in [0.1, 0.15) is 50.3 Å². The second kappa shape index (κ2) is 9.00. The maximum atomic E-state index is 13.3. The third kappa shape index (κ3) is 4.36. The monoisotopic (exact) mass is 493 g/mol. The van der Waals surface area contributed by atoms with Gasteiger partial charge in [-0.1, -0.05) is 18.0 Å². The van der Waals surface area contributed by atoms with Gasteiger partial charge in [-0.3, -0.25) is 4.79 Å². The van der Waals surface area contributed by atoms with E-state index in [9.17, 15) is 13.2 Å². The molecule has 1 saturated carbocycles. The number of aromatic nitrogens is 3. The lowest BCUT2D eigenvalue weighted by molar-refractivity contribution is -0.120. The number of hydrogen-bond donors (Lipinski definition) is 1. The molecule has 1 aliphatic carbocycles. The Balaban J connectivity index is 1.29. The van der Waals surface area contributed by atoms with Crippen LogP contribution in [0.2, 0.25) is 0 Å². The number of amides is 1. The molecule has 170 valence electrons. The molecule has 1 amide bonds. The number of nitrogens with zero attached hydrogens (tertiary/aromatic N) is 4. The number of sulfonamides is 1. The Morgan fingerprint density at radius 3 is 2.81 bits per heavy atom. The van der Waals surface area contributed by atoms with Crippen molar-refractivity contribution >= 4 is 43.7 Å². The zero-order valence-electron chi connectivity index (χ0n) is 17.3. The van der Waals surface area contributed by atoms with Gasteiger partial charge in [0, 0.05) is 41.5 Å². The van der Waals surface area contributed by atoms with Crippen LogP contribution in [0.3, 0.4) is 0 Å². The van der Waals surface area contributed by atoms with Crippen LogP contribution in [0.25, 0.3) is 11.4 Å². The molecule has 1 unspecified atom stereocenters. The summed E-state index contributed by atoms with van der Waals surface area (Å²) < 4.78 is 33.6. The van der Waals surface area contributed by atoms with E-state index in [1.54, 1.807) is 23.0 Å². The van der Waals surface area contributed by atoms with Gasteiger partial charge in [0.25, 0.3) is 10.0 Å². The Hall–Kier alpha value is -2.15. The highest BCUT2D eigenvalue weighted by molar-refractivity contribution is 7.91. The fourth-order valence-corrected chi connectivity index (χ4v) is 7.62. The molecule has 0 radical (unpaired) electrons. The first kappa shape index (κ1) is 21.7. The first-order chi connectivity index (χ1) is 15.5. The van der Waals surface area contributed by atoms with Crippen molar-refractivity contribution < 1.29 is 17.7 Å². The van der Waals surface area contributed by atoms with Crippen LogP contribution in [0, 0.1) is 5.92 Å². The Bertz CT molecular complexity index is 1180. The van der Waals surface area contributed by atoms with Gasteiger partial charge in [0.2, 0.25) is 17.6 Å². The molecule has 1 saturated heterocycles. The molecule has 3 aromatic rings.